The van der Waals surface area contributed by atoms with Crippen LogP contribution in [-0.4, -0.2) is 15.9 Å². The molecule has 0 saturated heterocycles. The van der Waals surface area contributed by atoms with Crippen LogP contribution in [0.15, 0.2) is 54.9 Å². The molecule has 0 aliphatic carbocycles. The molecule has 8 heteroatoms. The Morgan fingerprint density at radius 1 is 0.964 bits per heavy atom. The standard InChI is InChI=1S/C20H17F3N4O/c1-12-3-8-16(13(2)9-12)27-18-11-24-17(10-25-18)19(28)26-15-6-4-14(5-7-15)20(21,22)23/h3-11H,1-2H3,(H,25,27)(H,26,28). The predicted octanol–water partition coefficient (Wildman–Crippen LogP) is 5.11. The van der Waals surface area contributed by atoms with Crippen LogP contribution in [0.3, 0.4) is 0 Å². The summed E-state index contributed by atoms with van der Waals surface area (Å²) in [5, 5.41) is 5.62. The normalized spacial score (nSPS) is 11.2. The molecule has 3 aromatic rings. The summed E-state index contributed by atoms with van der Waals surface area (Å²) in [6.45, 7) is 3.97. The van der Waals surface area contributed by atoms with E-state index in [9.17, 15) is 18.0 Å². The molecule has 144 valence electrons. The highest BCUT2D eigenvalue weighted by molar-refractivity contribution is 6.02. The zero-order chi connectivity index (χ0) is 20.3. The van der Waals surface area contributed by atoms with Gasteiger partial charge in [-0.15, -0.1) is 0 Å². The molecular weight excluding hydrogens is 369 g/mol. The lowest BCUT2D eigenvalue weighted by Crippen LogP contribution is -2.14. The van der Waals surface area contributed by atoms with E-state index in [2.05, 4.69) is 20.6 Å². The smallest absolute Gasteiger partial charge is 0.339 e. The average Bonchev–Trinajstić information content (AvgIpc) is 2.64. The molecule has 0 aliphatic rings. The number of rotatable bonds is 4. The van der Waals surface area contributed by atoms with Crippen LogP contribution in [-0.2, 0) is 6.18 Å². The first-order valence-electron chi connectivity index (χ1n) is 8.37. The number of halogens is 3. The van der Waals surface area contributed by atoms with Crippen molar-refractivity contribution in [2.45, 2.75) is 20.0 Å². The molecule has 0 fully saturated rings. The summed E-state index contributed by atoms with van der Waals surface area (Å²) in [6.07, 6.45) is -1.71. The van der Waals surface area contributed by atoms with Crippen molar-refractivity contribution in [3.05, 3.63) is 77.2 Å². The fraction of sp³-hybridized carbons (Fsp3) is 0.150. The number of nitrogens with zero attached hydrogens (tertiary/aromatic N) is 2. The Morgan fingerprint density at radius 3 is 2.25 bits per heavy atom. The van der Waals surface area contributed by atoms with Crippen LogP contribution in [0, 0.1) is 13.8 Å². The van der Waals surface area contributed by atoms with Gasteiger partial charge in [0, 0.05) is 11.4 Å². The molecule has 0 atom stereocenters. The number of aryl methyl sites for hydroxylation is 2. The van der Waals surface area contributed by atoms with E-state index in [0.29, 0.717) is 5.82 Å². The number of benzene rings is 2. The van der Waals surface area contributed by atoms with Gasteiger partial charge in [0.05, 0.1) is 18.0 Å². The van der Waals surface area contributed by atoms with Crippen molar-refractivity contribution in [2.75, 3.05) is 10.6 Å². The van der Waals surface area contributed by atoms with Gasteiger partial charge in [-0.05, 0) is 49.7 Å². The summed E-state index contributed by atoms with van der Waals surface area (Å²) in [5.41, 5.74) is 2.56. The number of carbonyl (C=O) groups excluding carboxylic acids is 1. The Labute approximate surface area is 159 Å². The van der Waals surface area contributed by atoms with Gasteiger partial charge in [0.15, 0.2) is 0 Å². The van der Waals surface area contributed by atoms with Gasteiger partial charge in [0.1, 0.15) is 11.5 Å². The van der Waals surface area contributed by atoms with Gasteiger partial charge >= 0.3 is 6.18 Å². The van der Waals surface area contributed by atoms with E-state index in [0.717, 1.165) is 28.9 Å². The fourth-order valence-corrected chi connectivity index (χ4v) is 2.54. The highest BCUT2D eigenvalue weighted by Gasteiger charge is 2.30. The minimum atomic E-state index is -4.42. The number of amides is 1. The number of aromatic nitrogens is 2. The quantitative estimate of drug-likeness (QED) is 0.654. The molecular formula is C20H17F3N4O. The molecule has 0 bridgehead atoms. The van der Waals surface area contributed by atoms with Gasteiger partial charge in [-0.3, -0.25) is 4.79 Å². The maximum atomic E-state index is 12.6. The van der Waals surface area contributed by atoms with Gasteiger partial charge in [-0.25, -0.2) is 9.97 Å². The zero-order valence-corrected chi connectivity index (χ0v) is 15.1. The lowest BCUT2D eigenvalue weighted by Gasteiger charge is -2.10. The summed E-state index contributed by atoms with van der Waals surface area (Å²) in [4.78, 5) is 20.4. The van der Waals surface area contributed by atoms with E-state index < -0.39 is 17.6 Å². The molecule has 0 radical (unpaired) electrons. The first-order chi connectivity index (χ1) is 13.2. The third-order valence-corrected chi connectivity index (χ3v) is 4.00. The number of hydrogen-bond donors (Lipinski definition) is 2. The van der Waals surface area contributed by atoms with Crippen LogP contribution in [0.5, 0.6) is 0 Å². The lowest BCUT2D eigenvalue weighted by atomic mass is 10.1. The second kappa shape index (κ2) is 7.67. The highest BCUT2D eigenvalue weighted by atomic mass is 19.4. The number of hydrogen-bond acceptors (Lipinski definition) is 4. The Balaban J connectivity index is 1.66. The van der Waals surface area contributed by atoms with Gasteiger partial charge in [0.2, 0.25) is 0 Å². The van der Waals surface area contributed by atoms with Crippen molar-refractivity contribution < 1.29 is 18.0 Å². The van der Waals surface area contributed by atoms with Gasteiger partial charge in [-0.2, -0.15) is 13.2 Å². The Hall–Kier alpha value is -3.42. The van der Waals surface area contributed by atoms with Crippen molar-refractivity contribution in [3.63, 3.8) is 0 Å². The van der Waals surface area contributed by atoms with E-state index >= 15 is 0 Å². The molecule has 2 N–H and O–H groups in total. The molecule has 3 rings (SSSR count). The summed E-state index contributed by atoms with van der Waals surface area (Å²) in [5.74, 6) is -0.0941. The number of alkyl halides is 3. The molecule has 0 unspecified atom stereocenters. The molecule has 1 aromatic heterocycles. The summed E-state index contributed by atoms with van der Waals surface area (Å²) >= 11 is 0. The minimum Gasteiger partial charge on any atom is -0.339 e. The maximum Gasteiger partial charge on any atom is 0.416 e. The molecule has 0 spiro atoms. The van der Waals surface area contributed by atoms with Crippen LogP contribution in [0.4, 0.5) is 30.4 Å². The van der Waals surface area contributed by atoms with Crippen LogP contribution < -0.4 is 10.6 Å². The monoisotopic (exact) mass is 386 g/mol. The first-order valence-corrected chi connectivity index (χ1v) is 8.37. The molecule has 2 aromatic carbocycles. The minimum absolute atomic E-state index is 0.0473. The summed E-state index contributed by atoms with van der Waals surface area (Å²) < 4.78 is 37.7. The number of nitrogens with one attached hydrogen (secondary N) is 2. The third kappa shape index (κ3) is 4.64. The summed E-state index contributed by atoms with van der Waals surface area (Å²) in [6, 6.07) is 10.1. The molecule has 5 nitrogen and oxygen atoms in total. The van der Waals surface area contributed by atoms with Crippen LogP contribution in [0.25, 0.3) is 0 Å². The summed E-state index contributed by atoms with van der Waals surface area (Å²) in [7, 11) is 0. The maximum absolute atomic E-state index is 12.6. The van der Waals surface area contributed by atoms with E-state index in [1.807, 2.05) is 32.0 Å². The van der Waals surface area contributed by atoms with Crippen molar-refractivity contribution in [1.82, 2.24) is 9.97 Å². The average molecular weight is 386 g/mol. The first kappa shape index (κ1) is 19.3. The predicted molar refractivity (Wildman–Crippen MR) is 101 cm³/mol. The van der Waals surface area contributed by atoms with Gasteiger partial charge < -0.3 is 10.6 Å². The molecule has 1 amide bonds. The zero-order valence-electron chi connectivity index (χ0n) is 15.1. The Bertz CT molecular complexity index is 984. The van der Waals surface area contributed by atoms with E-state index in [1.165, 1.54) is 24.5 Å². The Kier molecular flexibility index (Phi) is 5.30. The SMILES string of the molecule is Cc1ccc(Nc2cnc(C(=O)Nc3ccc(C(F)(F)F)cc3)cn2)c(C)c1. The van der Waals surface area contributed by atoms with Crippen LogP contribution in [0.2, 0.25) is 0 Å². The second-order valence-corrected chi connectivity index (χ2v) is 6.26. The van der Waals surface area contributed by atoms with Crippen molar-refractivity contribution >= 4 is 23.1 Å². The second-order valence-electron chi connectivity index (χ2n) is 6.26. The third-order valence-electron chi connectivity index (χ3n) is 4.00. The lowest BCUT2D eigenvalue weighted by molar-refractivity contribution is -0.137. The largest absolute Gasteiger partial charge is 0.416 e. The van der Waals surface area contributed by atoms with E-state index in [-0.39, 0.29) is 11.4 Å². The number of carbonyl (C=O) groups is 1. The van der Waals surface area contributed by atoms with Gasteiger partial charge in [-0.1, -0.05) is 17.7 Å². The van der Waals surface area contributed by atoms with E-state index in [1.54, 1.807) is 0 Å². The highest BCUT2D eigenvalue weighted by Crippen LogP contribution is 2.29. The van der Waals surface area contributed by atoms with Crippen molar-refractivity contribution in [3.8, 4) is 0 Å². The van der Waals surface area contributed by atoms with Crippen molar-refractivity contribution in [2.24, 2.45) is 0 Å². The molecule has 0 aliphatic heterocycles. The van der Waals surface area contributed by atoms with Gasteiger partial charge in [0.25, 0.3) is 5.91 Å². The topological polar surface area (TPSA) is 66.9 Å². The molecule has 1 heterocycles. The van der Waals surface area contributed by atoms with Crippen LogP contribution in [0.1, 0.15) is 27.2 Å². The fourth-order valence-electron chi connectivity index (χ4n) is 2.54. The molecule has 28 heavy (non-hydrogen) atoms. The number of anilines is 3. The molecule has 0 saturated carbocycles. The van der Waals surface area contributed by atoms with Crippen LogP contribution >= 0.6 is 0 Å². The Morgan fingerprint density at radius 2 is 1.68 bits per heavy atom. The van der Waals surface area contributed by atoms with Crippen molar-refractivity contribution in [1.29, 1.82) is 0 Å². The van der Waals surface area contributed by atoms with E-state index in [4.69, 9.17) is 0 Å².